The Morgan fingerprint density at radius 1 is 1.79 bits per heavy atom. The molecule has 0 radical (unpaired) electrons. The molecule has 0 spiro atoms. The first-order chi connectivity index (χ1) is 6.75. The van der Waals surface area contributed by atoms with Crippen LogP contribution >= 0.6 is 0 Å². The van der Waals surface area contributed by atoms with E-state index in [0.29, 0.717) is 11.7 Å². The highest BCUT2D eigenvalue weighted by Gasteiger charge is 2.27. The van der Waals surface area contributed by atoms with Gasteiger partial charge in [0.25, 0.3) is 0 Å². The summed E-state index contributed by atoms with van der Waals surface area (Å²) in [6, 6.07) is 1.30. The van der Waals surface area contributed by atoms with Gasteiger partial charge in [-0.2, -0.15) is 5.10 Å². The van der Waals surface area contributed by atoms with Gasteiger partial charge in [-0.15, -0.1) is 0 Å². The molecule has 0 saturated heterocycles. The van der Waals surface area contributed by atoms with E-state index < -0.39 is 6.04 Å². The smallest absolute Gasteiger partial charge is 0.242 e. The number of nitrogens with two attached hydrogens (primary N) is 1. The molecule has 1 amide bonds. The fraction of sp³-hybridized carbons (Fsp3) is 0.556. The van der Waals surface area contributed by atoms with Crippen molar-refractivity contribution in [2.75, 3.05) is 5.32 Å². The lowest BCUT2D eigenvalue weighted by Crippen LogP contribution is -2.36. The minimum absolute atomic E-state index is 0.138. The van der Waals surface area contributed by atoms with Gasteiger partial charge in [-0.1, -0.05) is 12.8 Å². The number of carbonyl (C=O) groups is 1. The number of aromatic nitrogens is 2. The second-order valence-electron chi connectivity index (χ2n) is 3.75. The second kappa shape index (κ2) is 3.79. The normalized spacial score (nSPS) is 17.8. The number of nitrogens with zero attached hydrogens (tertiary/aromatic N) is 1. The zero-order chi connectivity index (χ0) is 9.97. The summed E-state index contributed by atoms with van der Waals surface area (Å²) in [6.45, 7) is 0. The van der Waals surface area contributed by atoms with E-state index in [1.54, 1.807) is 12.3 Å². The zero-order valence-electron chi connectivity index (χ0n) is 7.86. The Kier molecular flexibility index (Phi) is 2.49. The largest absolute Gasteiger partial charge is 0.320 e. The number of hydrogen-bond acceptors (Lipinski definition) is 3. The highest BCUT2D eigenvalue weighted by molar-refractivity contribution is 5.93. The van der Waals surface area contributed by atoms with Gasteiger partial charge >= 0.3 is 0 Å². The van der Waals surface area contributed by atoms with Crippen molar-refractivity contribution in [3.63, 3.8) is 0 Å². The number of nitrogens with one attached hydrogen (secondary N) is 2. The molecule has 4 N–H and O–H groups in total. The number of carbonyl (C=O) groups excluding carboxylic acids is 1. The summed E-state index contributed by atoms with van der Waals surface area (Å²) in [5, 5.41) is 9.05. The summed E-state index contributed by atoms with van der Waals surface area (Å²) in [7, 11) is 0. The maximum absolute atomic E-state index is 11.5. The molecule has 1 aliphatic rings. The first kappa shape index (κ1) is 9.21. The molecule has 0 aromatic carbocycles. The van der Waals surface area contributed by atoms with Crippen molar-refractivity contribution in [1.29, 1.82) is 0 Å². The molecule has 2 rings (SSSR count). The van der Waals surface area contributed by atoms with Crippen LogP contribution in [0.25, 0.3) is 0 Å². The highest BCUT2D eigenvalue weighted by atomic mass is 16.2. The Hall–Kier alpha value is -1.36. The quantitative estimate of drug-likeness (QED) is 0.651. The lowest BCUT2D eigenvalue weighted by atomic mass is 10.1. The molecule has 1 heterocycles. The summed E-state index contributed by atoms with van der Waals surface area (Å²) < 4.78 is 0. The lowest BCUT2D eigenvalue weighted by Gasteiger charge is -2.09. The third-order valence-electron chi connectivity index (χ3n) is 2.38. The van der Waals surface area contributed by atoms with Gasteiger partial charge in [0.2, 0.25) is 5.91 Å². The van der Waals surface area contributed by atoms with Gasteiger partial charge in [0.1, 0.15) is 5.82 Å². The van der Waals surface area contributed by atoms with E-state index in [0.717, 1.165) is 6.42 Å². The van der Waals surface area contributed by atoms with E-state index in [4.69, 9.17) is 5.73 Å². The van der Waals surface area contributed by atoms with Crippen LogP contribution in [0, 0.1) is 5.92 Å². The number of hydrogen-bond donors (Lipinski definition) is 3. The van der Waals surface area contributed by atoms with Crippen LogP contribution in [0.5, 0.6) is 0 Å². The van der Waals surface area contributed by atoms with Crippen LogP contribution in [0.3, 0.4) is 0 Å². The Balaban J connectivity index is 1.81. The fourth-order valence-electron chi connectivity index (χ4n) is 1.37. The summed E-state index contributed by atoms with van der Waals surface area (Å²) >= 11 is 0. The van der Waals surface area contributed by atoms with Crippen LogP contribution in [-0.2, 0) is 4.79 Å². The number of H-pyrrole nitrogens is 1. The van der Waals surface area contributed by atoms with Crippen LogP contribution < -0.4 is 11.1 Å². The van der Waals surface area contributed by atoms with E-state index in [-0.39, 0.29) is 5.91 Å². The van der Waals surface area contributed by atoms with E-state index in [1.165, 1.54) is 12.8 Å². The lowest BCUT2D eigenvalue weighted by molar-refractivity contribution is -0.117. The zero-order valence-corrected chi connectivity index (χ0v) is 7.86. The van der Waals surface area contributed by atoms with Crippen molar-refractivity contribution in [2.24, 2.45) is 11.7 Å². The van der Waals surface area contributed by atoms with Crippen LogP contribution in [0.1, 0.15) is 19.3 Å². The summed E-state index contributed by atoms with van der Waals surface area (Å²) in [6.07, 6.45) is 4.80. The molecule has 0 aliphatic heterocycles. The van der Waals surface area contributed by atoms with Gasteiger partial charge in [-0.25, -0.2) is 0 Å². The first-order valence-electron chi connectivity index (χ1n) is 4.81. The minimum Gasteiger partial charge on any atom is -0.320 e. The predicted molar refractivity (Wildman–Crippen MR) is 52.5 cm³/mol. The average molecular weight is 194 g/mol. The molecular weight excluding hydrogens is 180 g/mol. The van der Waals surface area contributed by atoms with Gasteiger partial charge in [0.15, 0.2) is 0 Å². The van der Waals surface area contributed by atoms with Gasteiger partial charge < -0.3 is 11.1 Å². The Morgan fingerprint density at radius 3 is 3.14 bits per heavy atom. The number of amides is 1. The van der Waals surface area contributed by atoms with Crippen molar-refractivity contribution in [3.8, 4) is 0 Å². The molecule has 1 aromatic heterocycles. The maximum Gasteiger partial charge on any atom is 0.242 e. The molecule has 76 valence electrons. The van der Waals surface area contributed by atoms with Crippen LogP contribution in [0.15, 0.2) is 12.3 Å². The Labute approximate surface area is 82.1 Å². The van der Waals surface area contributed by atoms with Crippen molar-refractivity contribution < 1.29 is 4.79 Å². The van der Waals surface area contributed by atoms with Crippen LogP contribution in [0.2, 0.25) is 0 Å². The van der Waals surface area contributed by atoms with Gasteiger partial charge in [0.05, 0.1) is 12.2 Å². The van der Waals surface area contributed by atoms with Gasteiger partial charge in [-0.3, -0.25) is 9.89 Å². The highest BCUT2D eigenvalue weighted by Crippen LogP contribution is 2.33. The molecule has 14 heavy (non-hydrogen) atoms. The molecule has 5 heteroatoms. The van der Waals surface area contributed by atoms with E-state index in [2.05, 4.69) is 15.5 Å². The maximum atomic E-state index is 11.5. The molecule has 0 bridgehead atoms. The molecule has 1 fully saturated rings. The molecule has 1 unspecified atom stereocenters. The van der Waals surface area contributed by atoms with Crippen LogP contribution in [0.4, 0.5) is 5.82 Å². The van der Waals surface area contributed by atoms with Crippen LogP contribution in [-0.4, -0.2) is 22.1 Å². The van der Waals surface area contributed by atoms with Gasteiger partial charge in [0, 0.05) is 6.07 Å². The summed E-state index contributed by atoms with van der Waals surface area (Å²) in [5.41, 5.74) is 5.73. The molecule has 1 aromatic rings. The van der Waals surface area contributed by atoms with Gasteiger partial charge in [-0.05, 0) is 12.3 Å². The van der Waals surface area contributed by atoms with Crippen molar-refractivity contribution >= 4 is 11.7 Å². The fourth-order valence-corrected chi connectivity index (χ4v) is 1.37. The predicted octanol–water partition coefficient (Wildman–Crippen LogP) is 0.476. The molecule has 5 nitrogen and oxygen atoms in total. The Morgan fingerprint density at radius 2 is 2.57 bits per heavy atom. The summed E-state index contributed by atoms with van der Waals surface area (Å²) in [4.78, 5) is 11.5. The average Bonchev–Trinajstić information content (AvgIpc) is 2.81. The number of aromatic amines is 1. The van der Waals surface area contributed by atoms with E-state index in [1.807, 2.05) is 0 Å². The molecular formula is C9H14N4O. The second-order valence-corrected chi connectivity index (χ2v) is 3.75. The third-order valence-corrected chi connectivity index (χ3v) is 2.38. The Bertz CT molecular complexity index is 305. The molecule has 1 saturated carbocycles. The number of rotatable bonds is 4. The topological polar surface area (TPSA) is 83.8 Å². The SMILES string of the molecule is NC(CC1CC1)C(=O)Nc1ccn[nH]1. The molecule has 1 aliphatic carbocycles. The van der Waals surface area contributed by atoms with E-state index >= 15 is 0 Å². The summed E-state index contributed by atoms with van der Waals surface area (Å²) in [5.74, 6) is 1.12. The van der Waals surface area contributed by atoms with Crippen molar-refractivity contribution in [2.45, 2.75) is 25.3 Å². The number of anilines is 1. The minimum atomic E-state index is -0.397. The molecule has 1 atom stereocenters. The van der Waals surface area contributed by atoms with E-state index in [9.17, 15) is 4.79 Å². The standard InChI is InChI=1S/C9H14N4O/c10-7(5-6-1-2-6)9(14)12-8-3-4-11-13-8/h3-4,6-7H,1-2,5,10H2,(H2,11,12,13,14). The monoisotopic (exact) mass is 194 g/mol. The first-order valence-corrected chi connectivity index (χ1v) is 4.81. The van der Waals surface area contributed by atoms with Crippen molar-refractivity contribution in [3.05, 3.63) is 12.3 Å². The third kappa shape index (κ3) is 2.32. The van der Waals surface area contributed by atoms with Crippen molar-refractivity contribution in [1.82, 2.24) is 10.2 Å².